The van der Waals surface area contributed by atoms with Gasteiger partial charge in [0.1, 0.15) is 0 Å². The molecule has 0 heterocycles. The van der Waals surface area contributed by atoms with Gasteiger partial charge < -0.3 is 10.2 Å². The summed E-state index contributed by atoms with van der Waals surface area (Å²) in [6, 6.07) is 8.12. The quantitative estimate of drug-likeness (QED) is 0.715. The fraction of sp³-hybridized carbons (Fsp3) is 0.600. The number of hydrogen-bond acceptors (Lipinski definition) is 2. The molecule has 2 nitrogen and oxygen atoms in total. The van der Waals surface area contributed by atoms with Crippen LogP contribution in [0, 0.1) is 6.92 Å². The zero-order chi connectivity index (χ0) is 12.7. The van der Waals surface area contributed by atoms with E-state index in [4.69, 9.17) is 0 Å². The standard InChI is InChI=1S/C15H24O2/c1-3-4-5-10-15(11-16,12-17)14-8-6-13(2)7-9-14/h6-9,16-17H,3-5,10-12H2,1-2H3. The van der Waals surface area contributed by atoms with Crippen LogP contribution < -0.4 is 0 Å². The van der Waals surface area contributed by atoms with Crippen molar-refractivity contribution in [3.05, 3.63) is 35.4 Å². The van der Waals surface area contributed by atoms with Crippen LogP contribution in [0.5, 0.6) is 0 Å². The molecular weight excluding hydrogens is 212 g/mol. The fourth-order valence-corrected chi connectivity index (χ4v) is 2.16. The van der Waals surface area contributed by atoms with Crippen molar-refractivity contribution in [1.82, 2.24) is 0 Å². The second kappa shape index (κ2) is 6.77. The van der Waals surface area contributed by atoms with Gasteiger partial charge in [-0.1, -0.05) is 56.0 Å². The monoisotopic (exact) mass is 236 g/mol. The predicted octanol–water partition coefficient (Wildman–Crippen LogP) is 2.80. The van der Waals surface area contributed by atoms with E-state index in [1.54, 1.807) is 0 Å². The molecule has 0 amide bonds. The highest BCUT2D eigenvalue weighted by Crippen LogP contribution is 2.29. The molecule has 2 heteroatoms. The zero-order valence-electron chi connectivity index (χ0n) is 10.9. The predicted molar refractivity (Wildman–Crippen MR) is 71.2 cm³/mol. The minimum Gasteiger partial charge on any atom is -0.395 e. The Morgan fingerprint density at radius 3 is 2.06 bits per heavy atom. The summed E-state index contributed by atoms with van der Waals surface area (Å²) < 4.78 is 0. The molecule has 0 aliphatic carbocycles. The molecule has 0 aromatic heterocycles. The van der Waals surface area contributed by atoms with Gasteiger partial charge in [0.05, 0.1) is 13.2 Å². The van der Waals surface area contributed by atoms with Crippen molar-refractivity contribution < 1.29 is 10.2 Å². The van der Waals surface area contributed by atoms with E-state index >= 15 is 0 Å². The van der Waals surface area contributed by atoms with Gasteiger partial charge in [-0.05, 0) is 18.9 Å². The zero-order valence-corrected chi connectivity index (χ0v) is 10.9. The summed E-state index contributed by atoms with van der Waals surface area (Å²) in [6.07, 6.45) is 4.19. The molecule has 0 saturated carbocycles. The summed E-state index contributed by atoms with van der Waals surface area (Å²) in [4.78, 5) is 0. The molecule has 0 unspecified atom stereocenters. The van der Waals surface area contributed by atoms with E-state index in [9.17, 15) is 10.2 Å². The summed E-state index contributed by atoms with van der Waals surface area (Å²) in [5.41, 5.74) is 1.78. The first-order valence-electron chi connectivity index (χ1n) is 6.47. The van der Waals surface area contributed by atoms with E-state index in [2.05, 4.69) is 6.92 Å². The number of benzene rings is 1. The van der Waals surface area contributed by atoms with Crippen LogP contribution in [0.15, 0.2) is 24.3 Å². The molecule has 0 radical (unpaired) electrons. The number of aliphatic hydroxyl groups excluding tert-OH is 2. The third-order valence-corrected chi connectivity index (χ3v) is 3.53. The van der Waals surface area contributed by atoms with Gasteiger partial charge >= 0.3 is 0 Å². The molecule has 1 aromatic rings. The van der Waals surface area contributed by atoms with E-state index in [0.717, 1.165) is 31.2 Å². The highest BCUT2D eigenvalue weighted by molar-refractivity contribution is 5.29. The summed E-state index contributed by atoms with van der Waals surface area (Å²) in [5, 5.41) is 19.3. The molecule has 0 fully saturated rings. The van der Waals surface area contributed by atoms with Gasteiger partial charge in [0.15, 0.2) is 0 Å². The maximum Gasteiger partial charge on any atom is 0.0550 e. The number of hydrogen-bond donors (Lipinski definition) is 2. The smallest absolute Gasteiger partial charge is 0.0550 e. The lowest BCUT2D eigenvalue weighted by Crippen LogP contribution is -2.34. The van der Waals surface area contributed by atoms with Crippen LogP contribution >= 0.6 is 0 Å². The lowest BCUT2D eigenvalue weighted by atomic mass is 9.77. The minimum absolute atomic E-state index is 0.0102. The van der Waals surface area contributed by atoms with Gasteiger partial charge in [-0.3, -0.25) is 0 Å². The molecule has 96 valence electrons. The van der Waals surface area contributed by atoms with Crippen LogP contribution in [0.3, 0.4) is 0 Å². The SMILES string of the molecule is CCCCCC(CO)(CO)c1ccc(C)cc1. The van der Waals surface area contributed by atoms with Crippen LogP contribution in [0.1, 0.15) is 43.7 Å². The van der Waals surface area contributed by atoms with Crippen molar-refractivity contribution in [2.45, 2.75) is 44.9 Å². The molecule has 1 aromatic carbocycles. The van der Waals surface area contributed by atoms with Crippen LogP contribution in [0.25, 0.3) is 0 Å². The average Bonchev–Trinajstić information content (AvgIpc) is 2.37. The Balaban J connectivity index is 2.85. The summed E-state index contributed by atoms with van der Waals surface area (Å²) in [6.45, 7) is 4.22. The lowest BCUT2D eigenvalue weighted by molar-refractivity contribution is 0.107. The lowest BCUT2D eigenvalue weighted by Gasteiger charge is -2.30. The van der Waals surface area contributed by atoms with Crippen molar-refractivity contribution >= 4 is 0 Å². The maximum atomic E-state index is 9.64. The first-order valence-corrected chi connectivity index (χ1v) is 6.47. The van der Waals surface area contributed by atoms with E-state index < -0.39 is 5.41 Å². The first kappa shape index (κ1) is 14.2. The molecule has 1 rings (SSSR count). The Labute approximate surface area is 104 Å². The molecule has 2 N–H and O–H groups in total. The largest absolute Gasteiger partial charge is 0.395 e. The molecule has 0 aliphatic rings. The summed E-state index contributed by atoms with van der Waals surface area (Å²) in [5.74, 6) is 0. The Morgan fingerprint density at radius 2 is 1.59 bits per heavy atom. The van der Waals surface area contributed by atoms with Crippen LogP contribution in [-0.4, -0.2) is 23.4 Å². The van der Waals surface area contributed by atoms with E-state index in [1.807, 2.05) is 31.2 Å². The molecule has 17 heavy (non-hydrogen) atoms. The first-order chi connectivity index (χ1) is 8.18. The van der Waals surface area contributed by atoms with Crippen molar-refractivity contribution in [2.24, 2.45) is 0 Å². The highest BCUT2D eigenvalue weighted by Gasteiger charge is 2.30. The van der Waals surface area contributed by atoms with Crippen molar-refractivity contribution in [3.8, 4) is 0 Å². The number of aryl methyl sites for hydroxylation is 1. The molecule has 0 bridgehead atoms. The molecule has 0 spiro atoms. The third kappa shape index (κ3) is 3.55. The summed E-state index contributed by atoms with van der Waals surface area (Å²) >= 11 is 0. The molecule has 0 saturated heterocycles. The van der Waals surface area contributed by atoms with E-state index in [0.29, 0.717) is 0 Å². The second-order valence-corrected chi connectivity index (χ2v) is 4.92. The Hall–Kier alpha value is -0.860. The number of aliphatic hydroxyl groups is 2. The average molecular weight is 236 g/mol. The number of rotatable bonds is 7. The second-order valence-electron chi connectivity index (χ2n) is 4.92. The van der Waals surface area contributed by atoms with Gasteiger partial charge in [-0.2, -0.15) is 0 Å². The highest BCUT2D eigenvalue weighted by atomic mass is 16.3. The van der Waals surface area contributed by atoms with Gasteiger partial charge in [0.2, 0.25) is 0 Å². The number of unbranched alkanes of at least 4 members (excludes halogenated alkanes) is 2. The van der Waals surface area contributed by atoms with Crippen LogP contribution in [-0.2, 0) is 5.41 Å². The van der Waals surface area contributed by atoms with Crippen LogP contribution in [0.4, 0.5) is 0 Å². The minimum atomic E-state index is -0.469. The van der Waals surface area contributed by atoms with E-state index in [1.165, 1.54) is 5.56 Å². The van der Waals surface area contributed by atoms with Crippen molar-refractivity contribution in [3.63, 3.8) is 0 Å². The molecule has 0 atom stereocenters. The van der Waals surface area contributed by atoms with Gasteiger partial charge in [-0.25, -0.2) is 0 Å². The summed E-state index contributed by atoms with van der Waals surface area (Å²) in [7, 11) is 0. The van der Waals surface area contributed by atoms with Gasteiger partial charge in [0.25, 0.3) is 0 Å². The third-order valence-electron chi connectivity index (χ3n) is 3.53. The Bertz CT molecular complexity index is 312. The Kier molecular flexibility index (Phi) is 5.66. The van der Waals surface area contributed by atoms with Gasteiger partial charge in [-0.15, -0.1) is 0 Å². The fourth-order valence-electron chi connectivity index (χ4n) is 2.16. The van der Waals surface area contributed by atoms with Gasteiger partial charge in [0, 0.05) is 5.41 Å². The topological polar surface area (TPSA) is 40.5 Å². The molecular formula is C15H24O2. The van der Waals surface area contributed by atoms with Crippen molar-refractivity contribution in [2.75, 3.05) is 13.2 Å². The van der Waals surface area contributed by atoms with Crippen LogP contribution in [0.2, 0.25) is 0 Å². The Morgan fingerprint density at radius 1 is 1.00 bits per heavy atom. The molecule has 0 aliphatic heterocycles. The van der Waals surface area contributed by atoms with E-state index in [-0.39, 0.29) is 13.2 Å². The maximum absolute atomic E-state index is 9.64. The van der Waals surface area contributed by atoms with Crippen molar-refractivity contribution in [1.29, 1.82) is 0 Å². The normalized spacial score (nSPS) is 11.8.